The Balaban J connectivity index is 1.45. The Morgan fingerprint density at radius 3 is 2.39 bits per heavy atom. The second-order valence-corrected chi connectivity index (χ2v) is 7.61. The molecule has 1 fully saturated rings. The number of anilines is 1. The summed E-state index contributed by atoms with van der Waals surface area (Å²) in [6.45, 7) is 7.05. The van der Waals surface area contributed by atoms with Crippen LogP contribution in [0.25, 0.3) is 0 Å². The Morgan fingerprint density at radius 2 is 1.71 bits per heavy atom. The van der Waals surface area contributed by atoms with Crippen LogP contribution in [0, 0.1) is 6.92 Å². The van der Waals surface area contributed by atoms with Crippen LogP contribution in [0.1, 0.15) is 28.6 Å². The van der Waals surface area contributed by atoms with Crippen molar-refractivity contribution < 1.29 is 5.11 Å². The third-order valence-electron chi connectivity index (χ3n) is 5.57. The van der Waals surface area contributed by atoms with Crippen molar-refractivity contribution in [2.45, 2.75) is 19.6 Å². The Kier molecular flexibility index (Phi) is 5.46. The number of rotatable bonds is 5. The molecule has 1 N–H and O–H groups in total. The fraction of sp³-hybridized carbons (Fsp3) is 0.348. The highest BCUT2D eigenvalue weighted by Gasteiger charge is 2.23. The van der Waals surface area contributed by atoms with Gasteiger partial charge < -0.3 is 14.6 Å². The van der Waals surface area contributed by atoms with Crippen LogP contribution in [0.5, 0.6) is 0 Å². The number of aliphatic hydroxyl groups excluding tert-OH is 1. The molecule has 5 nitrogen and oxygen atoms in total. The first kappa shape index (κ1) is 18.7. The number of aromatic nitrogens is 2. The number of aryl methyl sites for hydroxylation is 2. The van der Waals surface area contributed by atoms with E-state index in [4.69, 9.17) is 0 Å². The van der Waals surface area contributed by atoms with Gasteiger partial charge in [-0.15, -0.1) is 0 Å². The molecule has 5 heteroatoms. The van der Waals surface area contributed by atoms with Gasteiger partial charge in [0.05, 0.1) is 0 Å². The van der Waals surface area contributed by atoms with Gasteiger partial charge in [-0.25, -0.2) is 4.98 Å². The zero-order valence-electron chi connectivity index (χ0n) is 16.6. The molecule has 0 aliphatic carbocycles. The minimum Gasteiger partial charge on any atom is -0.380 e. The van der Waals surface area contributed by atoms with Crippen LogP contribution in [0.4, 0.5) is 5.69 Å². The molecule has 0 spiro atoms. The molecule has 0 amide bonds. The van der Waals surface area contributed by atoms with Gasteiger partial charge in [0.1, 0.15) is 11.9 Å². The van der Waals surface area contributed by atoms with Gasteiger partial charge in [-0.3, -0.25) is 4.90 Å². The van der Waals surface area contributed by atoms with E-state index in [9.17, 15) is 5.11 Å². The van der Waals surface area contributed by atoms with E-state index in [-0.39, 0.29) is 0 Å². The molecule has 28 heavy (non-hydrogen) atoms. The number of benzene rings is 2. The van der Waals surface area contributed by atoms with Gasteiger partial charge in [-0.05, 0) is 18.6 Å². The van der Waals surface area contributed by atoms with Crippen molar-refractivity contribution in [2.75, 3.05) is 31.1 Å². The van der Waals surface area contributed by atoms with E-state index in [2.05, 4.69) is 52.0 Å². The standard InChI is InChI=1S/C23H28N4O/c1-18-7-9-19(10-8-18)17-26-13-15-27(16-14-26)21-6-4-3-5-20(21)22(28)23-24-11-12-25(23)2/h3-12,22,28H,13-17H2,1-2H3/t22-/m1/s1. The van der Waals surface area contributed by atoms with Crippen LogP contribution in [0.15, 0.2) is 60.9 Å². The zero-order chi connectivity index (χ0) is 19.5. The lowest BCUT2D eigenvalue weighted by Gasteiger charge is -2.37. The van der Waals surface area contributed by atoms with Gasteiger partial charge in [-0.2, -0.15) is 0 Å². The molecule has 2 heterocycles. The number of hydrogen-bond acceptors (Lipinski definition) is 4. The van der Waals surface area contributed by atoms with E-state index in [1.54, 1.807) is 6.20 Å². The summed E-state index contributed by atoms with van der Waals surface area (Å²) in [7, 11) is 1.91. The summed E-state index contributed by atoms with van der Waals surface area (Å²) in [6.07, 6.45) is 2.87. The van der Waals surface area contributed by atoms with Crippen molar-refractivity contribution in [1.82, 2.24) is 14.5 Å². The quantitative estimate of drug-likeness (QED) is 0.743. The second-order valence-electron chi connectivity index (χ2n) is 7.61. The van der Waals surface area contributed by atoms with Crippen LogP contribution < -0.4 is 4.90 Å². The summed E-state index contributed by atoms with van der Waals surface area (Å²) in [4.78, 5) is 9.21. The van der Waals surface area contributed by atoms with Crippen LogP contribution >= 0.6 is 0 Å². The van der Waals surface area contributed by atoms with E-state index in [1.807, 2.05) is 36.0 Å². The summed E-state index contributed by atoms with van der Waals surface area (Å²) < 4.78 is 1.88. The highest BCUT2D eigenvalue weighted by atomic mass is 16.3. The monoisotopic (exact) mass is 376 g/mol. The van der Waals surface area contributed by atoms with Crippen molar-refractivity contribution in [3.05, 3.63) is 83.4 Å². The summed E-state index contributed by atoms with van der Waals surface area (Å²) in [5.41, 5.74) is 4.69. The van der Waals surface area contributed by atoms with Crippen molar-refractivity contribution in [1.29, 1.82) is 0 Å². The third-order valence-corrected chi connectivity index (χ3v) is 5.57. The number of para-hydroxylation sites is 1. The molecule has 1 aromatic heterocycles. The molecule has 0 bridgehead atoms. The molecule has 0 radical (unpaired) electrons. The molecule has 3 aromatic rings. The summed E-state index contributed by atoms with van der Waals surface area (Å²) >= 11 is 0. The van der Waals surface area contributed by atoms with Gasteiger partial charge in [0.15, 0.2) is 0 Å². The van der Waals surface area contributed by atoms with Crippen molar-refractivity contribution in [3.63, 3.8) is 0 Å². The molecule has 146 valence electrons. The predicted molar refractivity (Wildman–Crippen MR) is 112 cm³/mol. The number of imidazole rings is 1. The Bertz CT molecular complexity index is 910. The van der Waals surface area contributed by atoms with E-state index in [0.717, 1.165) is 44.0 Å². The largest absolute Gasteiger partial charge is 0.380 e. The first-order valence-electron chi connectivity index (χ1n) is 9.89. The van der Waals surface area contributed by atoms with E-state index >= 15 is 0 Å². The number of aliphatic hydroxyl groups is 1. The van der Waals surface area contributed by atoms with Crippen LogP contribution in [-0.2, 0) is 13.6 Å². The normalized spacial score (nSPS) is 16.3. The zero-order valence-corrected chi connectivity index (χ0v) is 16.6. The second kappa shape index (κ2) is 8.17. The van der Waals surface area contributed by atoms with Crippen molar-refractivity contribution in [3.8, 4) is 0 Å². The summed E-state index contributed by atoms with van der Waals surface area (Å²) in [5, 5.41) is 10.9. The fourth-order valence-electron chi connectivity index (χ4n) is 3.89. The summed E-state index contributed by atoms with van der Waals surface area (Å²) in [6, 6.07) is 17.0. The Labute approximate surface area is 166 Å². The maximum atomic E-state index is 10.9. The molecule has 0 unspecified atom stereocenters. The topological polar surface area (TPSA) is 44.5 Å². The van der Waals surface area contributed by atoms with E-state index < -0.39 is 6.10 Å². The minimum atomic E-state index is -0.721. The van der Waals surface area contributed by atoms with Gasteiger partial charge in [-0.1, -0.05) is 48.0 Å². The van der Waals surface area contributed by atoms with Gasteiger partial charge >= 0.3 is 0 Å². The maximum Gasteiger partial charge on any atom is 0.142 e. The molecule has 1 aliphatic heterocycles. The minimum absolute atomic E-state index is 0.672. The molecule has 0 saturated carbocycles. The van der Waals surface area contributed by atoms with Crippen LogP contribution in [0.3, 0.4) is 0 Å². The molecule has 1 atom stereocenters. The number of hydrogen-bond donors (Lipinski definition) is 1. The first-order valence-corrected chi connectivity index (χ1v) is 9.89. The SMILES string of the molecule is Cc1ccc(CN2CCN(c3ccccc3[C@@H](O)c3nccn3C)CC2)cc1. The van der Waals surface area contributed by atoms with Gasteiger partial charge in [0.2, 0.25) is 0 Å². The van der Waals surface area contributed by atoms with Crippen molar-refractivity contribution >= 4 is 5.69 Å². The van der Waals surface area contributed by atoms with Gasteiger partial charge in [0.25, 0.3) is 0 Å². The molecule has 2 aromatic carbocycles. The Morgan fingerprint density at radius 1 is 1.00 bits per heavy atom. The summed E-state index contributed by atoms with van der Waals surface area (Å²) in [5.74, 6) is 0.672. The highest BCUT2D eigenvalue weighted by Crippen LogP contribution is 2.30. The highest BCUT2D eigenvalue weighted by molar-refractivity contribution is 5.56. The molecular weight excluding hydrogens is 348 g/mol. The Hall–Kier alpha value is -2.63. The molecule has 4 rings (SSSR count). The average molecular weight is 377 g/mol. The molecule has 1 saturated heterocycles. The van der Waals surface area contributed by atoms with Crippen molar-refractivity contribution in [2.24, 2.45) is 7.05 Å². The average Bonchev–Trinajstić information content (AvgIpc) is 3.16. The predicted octanol–water partition coefficient (Wildman–Crippen LogP) is 3.13. The maximum absolute atomic E-state index is 10.9. The number of nitrogens with zero attached hydrogens (tertiary/aromatic N) is 4. The smallest absolute Gasteiger partial charge is 0.142 e. The lowest BCUT2D eigenvalue weighted by molar-refractivity contribution is 0.205. The lowest BCUT2D eigenvalue weighted by atomic mass is 10.0. The van der Waals surface area contributed by atoms with Crippen LogP contribution in [-0.4, -0.2) is 45.7 Å². The van der Waals surface area contributed by atoms with Gasteiger partial charge in [0, 0.05) is 63.4 Å². The third kappa shape index (κ3) is 3.96. The molecule has 1 aliphatic rings. The fourth-order valence-corrected chi connectivity index (χ4v) is 3.89. The molecular formula is C23H28N4O. The number of piperazine rings is 1. The van der Waals surface area contributed by atoms with Crippen LogP contribution in [0.2, 0.25) is 0 Å². The first-order chi connectivity index (χ1) is 13.6. The van der Waals surface area contributed by atoms with E-state index in [0.29, 0.717) is 5.82 Å². The lowest BCUT2D eigenvalue weighted by Crippen LogP contribution is -2.46. The van der Waals surface area contributed by atoms with E-state index in [1.165, 1.54) is 11.1 Å².